The summed E-state index contributed by atoms with van der Waals surface area (Å²) in [7, 11) is 0. The first-order valence-electron chi connectivity index (χ1n) is 7.74. The summed E-state index contributed by atoms with van der Waals surface area (Å²) in [6, 6.07) is 4.88. The van der Waals surface area contributed by atoms with E-state index in [0.717, 1.165) is 26.1 Å². The third-order valence-electron chi connectivity index (χ3n) is 4.26. The molecule has 0 saturated carbocycles. The van der Waals surface area contributed by atoms with Crippen LogP contribution in [0.4, 0.5) is 0 Å². The van der Waals surface area contributed by atoms with Gasteiger partial charge in [-0.15, -0.1) is 0 Å². The average Bonchev–Trinajstić information content (AvgIpc) is 2.56. The van der Waals surface area contributed by atoms with Crippen molar-refractivity contribution in [1.82, 2.24) is 4.90 Å². The predicted molar refractivity (Wildman–Crippen MR) is 84.4 cm³/mol. The summed E-state index contributed by atoms with van der Waals surface area (Å²) < 4.78 is 16.9. The number of nitrogens with zero attached hydrogens (tertiary/aromatic N) is 1. The van der Waals surface area contributed by atoms with Crippen molar-refractivity contribution in [3.63, 3.8) is 0 Å². The highest BCUT2D eigenvalue weighted by Crippen LogP contribution is 2.26. The first kappa shape index (κ1) is 16.5. The zero-order chi connectivity index (χ0) is 16.2. The first-order chi connectivity index (χ1) is 11.1. The molecule has 6 nitrogen and oxygen atoms in total. The fourth-order valence-corrected chi connectivity index (χ4v) is 3.30. The number of halogens is 1. The van der Waals surface area contributed by atoms with Gasteiger partial charge >= 0.3 is 5.97 Å². The molecule has 1 aromatic carbocycles. The van der Waals surface area contributed by atoms with Crippen LogP contribution in [0.25, 0.3) is 0 Å². The highest BCUT2D eigenvalue weighted by Gasteiger charge is 2.34. The van der Waals surface area contributed by atoms with Gasteiger partial charge in [0.2, 0.25) is 0 Å². The molecule has 2 atom stereocenters. The van der Waals surface area contributed by atoms with Crippen LogP contribution in [-0.2, 0) is 9.47 Å². The number of morpholine rings is 1. The van der Waals surface area contributed by atoms with E-state index in [1.54, 1.807) is 6.07 Å². The van der Waals surface area contributed by atoms with E-state index in [0.29, 0.717) is 36.6 Å². The average molecular weight is 342 g/mol. The minimum atomic E-state index is -1.00. The van der Waals surface area contributed by atoms with E-state index < -0.39 is 5.97 Å². The summed E-state index contributed by atoms with van der Waals surface area (Å²) in [6.07, 6.45) is 1.12. The van der Waals surface area contributed by atoms with Crippen LogP contribution in [0, 0.1) is 0 Å². The van der Waals surface area contributed by atoms with Gasteiger partial charge in [0, 0.05) is 25.7 Å². The van der Waals surface area contributed by atoms with Crippen LogP contribution < -0.4 is 4.74 Å². The zero-order valence-corrected chi connectivity index (χ0v) is 13.5. The third kappa shape index (κ3) is 3.95. The molecule has 2 fully saturated rings. The zero-order valence-electron chi connectivity index (χ0n) is 12.7. The second kappa shape index (κ2) is 7.49. The normalized spacial score (nSPS) is 24.9. The smallest absolute Gasteiger partial charge is 0.335 e. The van der Waals surface area contributed by atoms with Gasteiger partial charge in [-0.3, -0.25) is 4.90 Å². The molecular weight excluding hydrogens is 322 g/mol. The van der Waals surface area contributed by atoms with Gasteiger partial charge in [-0.2, -0.15) is 0 Å². The fraction of sp³-hybridized carbons (Fsp3) is 0.562. The quantitative estimate of drug-likeness (QED) is 0.882. The molecule has 2 aliphatic rings. The molecule has 2 heterocycles. The van der Waals surface area contributed by atoms with E-state index in [1.807, 2.05) is 0 Å². The van der Waals surface area contributed by atoms with Crippen molar-refractivity contribution < 1.29 is 24.1 Å². The minimum absolute atomic E-state index is 0.149. The SMILES string of the molecule is O=C(O)c1ccc(OCCN2CCO[C@@H]3COCC[C@@H]32)c(Cl)c1. The fourth-order valence-electron chi connectivity index (χ4n) is 3.07. The lowest BCUT2D eigenvalue weighted by Gasteiger charge is -2.43. The van der Waals surface area contributed by atoms with Gasteiger partial charge < -0.3 is 19.3 Å². The Balaban J connectivity index is 1.53. The summed E-state index contributed by atoms with van der Waals surface area (Å²) in [5.74, 6) is -0.495. The minimum Gasteiger partial charge on any atom is -0.491 e. The maximum absolute atomic E-state index is 10.9. The van der Waals surface area contributed by atoms with Crippen molar-refractivity contribution in [1.29, 1.82) is 0 Å². The Morgan fingerprint density at radius 3 is 3.09 bits per heavy atom. The summed E-state index contributed by atoms with van der Waals surface area (Å²) in [5.41, 5.74) is 0.153. The molecular formula is C16H20ClNO5. The molecule has 3 rings (SSSR count). The van der Waals surface area contributed by atoms with E-state index >= 15 is 0 Å². The van der Waals surface area contributed by atoms with Crippen molar-refractivity contribution in [2.75, 3.05) is 39.5 Å². The van der Waals surface area contributed by atoms with Crippen LogP contribution in [0.1, 0.15) is 16.8 Å². The van der Waals surface area contributed by atoms with Gasteiger partial charge in [0.15, 0.2) is 0 Å². The van der Waals surface area contributed by atoms with Crippen LogP contribution in [-0.4, -0.2) is 67.6 Å². The Hall–Kier alpha value is -1.34. The molecule has 0 unspecified atom stereocenters. The molecule has 2 aliphatic heterocycles. The summed E-state index contributed by atoms with van der Waals surface area (Å²) in [5, 5.41) is 9.24. The maximum atomic E-state index is 10.9. The largest absolute Gasteiger partial charge is 0.491 e. The third-order valence-corrected chi connectivity index (χ3v) is 4.56. The monoisotopic (exact) mass is 341 g/mol. The molecule has 1 aromatic rings. The van der Waals surface area contributed by atoms with Gasteiger partial charge in [0.05, 0.1) is 29.9 Å². The van der Waals surface area contributed by atoms with Crippen LogP contribution >= 0.6 is 11.6 Å². The molecule has 7 heteroatoms. The maximum Gasteiger partial charge on any atom is 0.335 e. The Morgan fingerprint density at radius 1 is 1.43 bits per heavy atom. The predicted octanol–water partition coefficient (Wildman–Crippen LogP) is 1.91. The van der Waals surface area contributed by atoms with E-state index in [-0.39, 0.29) is 11.7 Å². The summed E-state index contributed by atoms with van der Waals surface area (Å²) in [6.45, 7) is 4.29. The topological polar surface area (TPSA) is 68.2 Å². The lowest BCUT2D eigenvalue weighted by molar-refractivity contribution is -0.136. The highest BCUT2D eigenvalue weighted by molar-refractivity contribution is 6.32. The number of ether oxygens (including phenoxy) is 3. The molecule has 126 valence electrons. The number of aromatic carboxylic acids is 1. The number of hydrogen-bond donors (Lipinski definition) is 1. The lowest BCUT2D eigenvalue weighted by Crippen LogP contribution is -2.56. The van der Waals surface area contributed by atoms with Gasteiger partial charge in [-0.1, -0.05) is 11.6 Å². The molecule has 0 aliphatic carbocycles. The molecule has 0 radical (unpaired) electrons. The summed E-state index contributed by atoms with van der Waals surface area (Å²) >= 11 is 6.07. The Kier molecular flexibility index (Phi) is 5.38. The first-order valence-corrected chi connectivity index (χ1v) is 8.12. The van der Waals surface area contributed by atoms with E-state index in [2.05, 4.69) is 4.90 Å². The summed E-state index contributed by atoms with van der Waals surface area (Å²) in [4.78, 5) is 13.3. The molecule has 0 bridgehead atoms. The highest BCUT2D eigenvalue weighted by atomic mass is 35.5. The number of carbonyl (C=O) groups is 1. The van der Waals surface area contributed by atoms with Gasteiger partial charge in [0.25, 0.3) is 0 Å². The number of rotatable bonds is 5. The number of benzene rings is 1. The Bertz CT molecular complexity index is 565. The molecule has 1 N–H and O–H groups in total. The number of hydrogen-bond acceptors (Lipinski definition) is 5. The molecule has 0 spiro atoms. The van der Waals surface area contributed by atoms with Gasteiger partial charge in [-0.25, -0.2) is 4.79 Å². The number of carboxylic acid groups (broad SMARTS) is 1. The van der Waals surface area contributed by atoms with Crippen LogP contribution in [0.5, 0.6) is 5.75 Å². The molecule has 23 heavy (non-hydrogen) atoms. The van der Waals surface area contributed by atoms with E-state index in [9.17, 15) is 4.79 Å². The van der Waals surface area contributed by atoms with Gasteiger partial charge in [-0.05, 0) is 24.6 Å². The van der Waals surface area contributed by atoms with Crippen LogP contribution in [0.2, 0.25) is 5.02 Å². The molecule has 0 amide bonds. The van der Waals surface area contributed by atoms with Crippen molar-refractivity contribution in [3.05, 3.63) is 28.8 Å². The molecule has 2 saturated heterocycles. The van der Waals surface area contributed by atoms with Crippen LogP contribution in [0.15, 0.2) is 18.2 Å². The van der Waals surface area contributed by atoms with Crippen molar-refractivity contribution >= 4 is 17.6 Å². The van der Waals surface area contributed by atoms with Crippen LogP contribution in [0.3, 0.4) is 0 Å². The van der Waals surface area contributed by atoms with Crippen molar-refractivity contribution in [2.45, 2.75) is 18.6 Å². The standard InChI is InChI=1S/C16H20ClNO5/c17-12-9-11(16(19)20)1-2-14(12)22-7-4-18-5-8-23-15-10-21-6-3-13(15)18/h1-2,9,13,15H,3-8,10H2,(H,19,20)/t13-,15+/m0/s1. The Morgan fingerprint density at radius 2 is 2.30 bits per heavy atom. The second-order valence-corrected chi connectivity index (χ2v) is 6.08. The lowest BCUT2D eigenvalue weighted by atomic mass is 10.0. The second-order valence-electron chi connectivity index (χ2n) is 5.67. The van der Waals surface area contributed by atoms with Crippen molar-refractivity contribution in [3.8, 4) is 5.75 Å². The number of fused-ring (bicyclic) bond motifs is 1. The van der Waals surface area contributed by atoms with E-state index in [1.165, 1.54) is 12.1 Å². The molecule has 0 aromatic heterocycles. The van der Waals surface area contributed by atoms with E-state index in [4.69, 9.17) is 30.9 Å². The Labute approximate surface area is 139 Å². The van der Waals surface area contributed by atoms with Crippen molar-refractivity contribution in [2.24, 2.45) is 0 Å². The number of carboxylic acids is 1. The van der Waals surface area contributed by atoms with Gasteiger partial charge in [0.1, 0.15) is 12.4 Å².